The van der Waals surface area contributed by atoms with Gasteiger partial charge in [0.05, 0.1) is 0 Å². The predicted octanol–water partition coefficient (Wildman–Crippen LogP) is 5.51. The summed E-state index contributed by atoms with van der Waals surface area (Å²) in [4.78, 5) is 24.6. The Morgan fingerprint density at radius 2 is 1.96 bits per heavy atom. The lowest BCUT2D eigenvalue weighted by molar-refractivity contribution is -0.111. The van der Waals surface area contributed by atoms with Crippen molar-refractivity contribution in [1.82, 2.24) is 0 Å². The van der Waals surface area contributed by atoms with E-state index in [1.807, 2.05) is 18.2 Å². The fraction of sp³-hybridized carbons (Fsp3) is 0.500. The topological polar surface area (TPSA) is 34.1 Å². The zero-order chi connectivity index (χ0) is 19.0. The van der Waals surface area contributed by atoms with Gasteiger partial charge in [-0.05, 0) is 61.7 Å². The molecule has 0 fully saturated rings. The highest BCUT2D eigenvalue weighted by atomic mass is 16.1. The molecule has 2 nitrogen and oxygen atoms in total. The molecule has 0 saturated heterocycles. The van der Waals surface area contributed by atoms with Crippen LogP contribution in [-0.2, 0) is 9.59 Å². The van der Waals surface area contributed by atoms with Gasteiger partial charge in [-0.2, -0.15) is 0 Å². The summed E-state index contributed by atoms with van der Waals surface area (Å²) in [5, 5.41) is 0. The molecule has 2 heteroatoms. The summed E-state index contributed by atoms with van der Waals surface area (Å²) in [6.45, 7) is 8.16. The minimum absolute atomic E-state index is 0.0184. The van der Waals surface area contributed by atoms with Gasteiger partial charge in [0, 0.05) is 17.4 Å². The van der Waals surface area contributed by atoms with Gasteiger partial charge < -0.3 is 0 Å². The molecule has 0 N–H and O–H groups in total. The number of rotatable bonds is 8. The van der Waals surface area contributed by atoms with E-state index in [0.29, 0.717) is 0 Å². The first kappa shape index (κ1) is 20.2. The molecular formula is C24H30O2. The SMILES string of the molecule is C=CC[C@H]1CC2(C=CC(=O)C=C2)C(CCCC)=C1C(=O)C#CCCCC. The average Bonchev–Trinajstić information content (AvgIpc) is 2.93. The maximum atomic E-state index is 13.0. The van der Waals surface area contributed by atoms with Crippen LogP contribution in [0.3, 0.4) is 0 Å². The molecule has 0 saturated carbocycles. The summed E-state index contributed by atoms with van der Waals surface area (Å²) in [5.74, 6) is 6.06. The molecule has 26 heavy (non-hydrogen) atoms. The van der Waals surface area contributed by atoms with E-state index < -0.39 is 0 Å². The first-order chi connectivity index (χ1) is 12.6. The summed E-state index contributed by atoms with van der Waals surface area (Å²) in [6, 6.07) is 0. The van der Waals surface area contributed by atoms with Crippen molar-refractivity contribution in [3.05, 3.63) is 48.1 Å². The summed E-state index contributed by atoms with van der Waals surface area (Å²) in [7, 11) is 0. The summed E-state index contributed by atoms with van der Waals surface area (Å²) < 4.78 is 0. The van der Waals surface area contributed by atoms with Gasteiger partial charge in [-0.15, -0.1) is 6.58 Å². The Balaban J connectivity index is 2.44. The van der Waals surface area contributed by atoms with Crippen molar-refractivity contribution in [3.8, 4) is 11.8 Å². The Bertz CT molecular complexity index is 690. The molecule has 0 amide bonds. The van der Waals surface area contributed by atoms with E-state index in [-0.39, 0.29) is 22.9 Å². The van der Waals surface area contributed by atoms with Crippen LogP contribution in [-0.4, -0.2) is 11.6 Å². The van der Waals surface area contributed by atoms with Crippen LogP contribution >= 0.6 is 0 Å². The third-order valence-corrected chi connectivity index (χ3v) is 5.30. The normalized spacial score (nSPS) is 20.4. The molecule has 0 bridgehead atoms. The smallest absolute Gasteiger partial charge is 0.232 e. The Hall–Kier alpha value is -2.14. The fourth-order valence-electron chi connectivity index (χ4n) is 3.96. The Morgan fingerprint density at radius 1 is 1.27 bits per heavy atom. The fourth-order valence-corrected chi connectivity index (χ4v) is 3.96. The van der Waals surface area contributed by atoms with Gasteiger partial charge in [-0.3, -0.25) is 9.59 Å². The summed E-state index contributed by atoms with van der Waals surface area (Å²) in [5.41, 5.74) is 1.75. The summed E-state index contributed by atoms with van der Waals surface area (Å²) >= 11 is 0. The van der Waals surface area contributed by atoms with Crippen molar-refractivity contribution in [2.75, 3.05) is 0 Å². The van der Waals surface area contributed by atoms with Crippen molar-refractivity contribution in [2.24, 2.45) is 11.3 Å². The van der Waals surface area contributed by atoms with Crippen molar-refractivity contribution in [2.45, 2.75) is 65.2 Å². The maximum Gasteiger partial charge on any atom is 0.232 e. The van der Waals surface area contributed by atoms with Crippen LogP contribution in [0.15, 0.2) is 48.1 Å². The molecule has 2 rings (SSSR count). The number of Topliss-reactive ketones (excluding diaryl/α,β-unsaturated/α-hetero) is 1. The summed E-state index contributed by atoms with van der Waals surface area (Å²) in [6.07, 6.45) is 16.7. The molecular weight excluding hydrogens is 320 g/mol. The maximum absolute atomic E-state index is 13.0. The Morgan fingerprint density at radius 3 is 2.58 bits per heavy atom. The van der Waals surface area contributed by atoms with Gasteiger partial charge in [-0.1, -0.05) is 50.8 Å². The number of hydrogen-bond donors (Lipinski definition) is 0. The molecule has 0 aromatic carbocycles. The van der Waals surface area contributed by atoms with Gasteiger partial charge >= 0.3 is 0 Å². The van der Waals surface area contributed by atoms with E-state index >= 15 is 0 Å². The molecule has 138 valence electrons. The van der Waals surface area contributed by atoms with Crippen LogP contribution in [0.2, 0.25) is 0 Å². The number of carbonyl (C=O) groups excluding carboxylic acids is 2. The first-order valence-corrected chi connectivity index (χ1v) is 9.88. The lowest BCUT2D eigenvalue weighted by Crippen LogP contribution is -2.19. The van der Waals surface area contributed by atoms with Crippen LogP contribution in [0, 0.1) is 23.2 Å². The van der Waals surface area contributed by atoms with Crippen LogP contribution in [0.25, 0.3) is 0 Å². The lowest BCUT2D eigenvalue weighted by atomic mass is 9.75. The zero-order valence-corrected chi connectivity index (χ0v) is 16.1. The number of unbranched alkanes of at least 4 members (excludes halogenated alkanes) is 3. The second-order valence-electron chi connectivity index (χ2n) is 7.27. The van der Waals surface area contributed by atoms with E-state index in [9.17, 15) is 9.59 Å². The molecule has 0 heterocycles. The van der Waals surface area contributed by atoms with Crippen LogP contribution in [0.1, 0.15) is 65.2 Å². The molecule has 0 radical (unpaired) electrons. The molecule has 0 aromatic rings. The van der Waals surface area contributed by atoms with Gasteiger partial charge in [0.15, 0.2) is 5.78 Å². The second-order valence-corrected chi connectivity index (χ2v) is 7.27. The standard InChI is InChI=1S/C24H30O2/c1-4-7-9-10-13-22(26)23-19(11-6-3)18-24(21(23)12-8-5-2)16-14-20(25)15-17-24/h6,14-17,19H,3-5,7-9,11-12,18H2,1-2H3/t19-/m0/s1. The minimum Gasteiger partial charge on any atom is -0.290 e. The van der Waals surface area contributed by atoms with Crippen molar-refractivity contribution in [1.29, 1.82) is 0 Å². The van der Waals surface area contributed by atoms with Crippen molar-refractivity contribution in [3.63, 3.8) is 0 Å². The quantitative estimate of drug-likeness (QED) is 0.250. The molecule has 0 aliphatic heterocycles. The molecule has 0 unspecified atom stereocenters. The van der Waals surface area contributed by atoms with Gasteiger partial charge in [0.1, 0.15) is 0 Å². The Kier molecular flexibility index (Phi) is 7.39. The number of hydrogen-bond acceptors (Lipinski definition) is 2. The average molecular weight is 351 g/mol. The third kappa shape index (κ3) is 4.52. The van der Waals surface area contributed by atoms with Gasteiger partial charge in [0.25, 0.3) is 0 Å². The highest BCUT2D eigenvalue weighted by molar-refractivity contribution is 6.10. The largest absolute Gasteiger partial charge is 0.290 e. The second kappa shape index (κ2) is 9.53. The number of allylic oxidation sites excluding steroid dienone is 7. The highest BCUT2D eigenvalue weighted by Gasteiger charge is 2.44. The minimum atomic E-state index is -0.299. The van der Waals surface area contributed by atoms with E-state index in [0.717, 1.165) is 56.9 Å². The van der Waals surface area contributed by atoms with Crippen LogP contribution < -0.4 is 0 Å². The van der Waals surface area contributed by atoms with E-state index in [4.69, 9.17) is 0 Å². The third-order valence-electron chi connectivity index (χ3n) is 5.30. The number of ketones is 2. The molecule has 2 aliphatic carbocycles. The van der Waals surface area contributed by atoms with Crippen LogP contribution in [0.5, 0.6) is 0 Å². The van der Waals surface area contributed by atoms with Crippen LogP contribution in [0.4, 0.5) is 0 Å². The molecule has 2 aliphatic rings. The first-order valence-electron chi connectivity index (χ1n) is 9.88. The van der Waals surface area contributed by atoms with E-state index in [1.54, 1.807) is 12.2 Å². The Labute approximate surface area is 158 Å². The van der Waals surface area contributed by atoms with Gasteiger partial charge in [-0.25, -0.2) is 0 Å². The molecule has 1 spiro atoms. The molecule has 1 atom stereocenters. The van der Waals surface area contributed by atoms with Crippen molar-refractivity contribution >= 4 is 11.6 Å². The van der Waals surface area contributed by atoms with E-state index in [2.05, 4.69) is 32.3 Å². The lowest BCUT2D eigenvalue weighted by Gasteiger charge is -2.28. The highest BCUT2D eigenvalue weighted by Crippen LogP contribution is 2.52. The van der Waals surface area contributed by atoms with Crippen molar-refractivity contribution < 1.29 is 9.59 Å². The predicted molar refractivity (Wildman–Crippen MR) is 108 cm³/mol. The molecule has 0 aromatic heterocycles. The van der Waals surface area contributed by atoms with Gasteiger partial charge in [0.2, 0.25) is 5.78 Å². The monoisotopic (exact) mass is 350 g/mol. The zero-order valence-electron chi connectivity index (χ0n) is 16.1. The van der Waals surface area contributed by atoms with E-state index in [1.165, 1.54) is 5.57 Å². The number of carbonyl (C=O) groups is 2.